The standard InChI is InChI=1S/C18H15BrN2O4/c1-11(17(22)21-14-5-3-4-12(8-14)10-20)25-18(23)13-6-7-16(24-2)15(19)9-13/h3-9,11H,1-2H3,(H,21,22)/t11-/m0/s1. The van der Waals surface area contributed by atoms with Gasteiger partial charge < -0.3 is 14.8 Å². The number of ether oxygens (including phenoxy) is 2. The number of anilines is 1. The lowest BCUT2D eigenvalue weighted by atomic mass is 10.2. The van der Waals surface area contributed by atoms with Crippen molar-refractivity contribution < 1.29 is 19.1 Å². The van der Waals surface area contributed by atoms with Crippen LogP contribution in [0, 0.1) is 11.3 Å². The molecule has 2 aromatic rings. The maximum absolute atomic E-state index is 12.2. The molecule has 0 fully saturated rings. The second-order valence-electron chi connectivity index (χ2n) is 5.08. The lowest BCUT2D eigenvalue weighted by Gasteiger charge is -2.14. The van der Waals surface area contributed by atoms with Crippen LogP contribution in [0.15, 0.2) is 46.9 Å². The summed E-state index contributed by atoms with van der Waals surface area (Å²) >= 11 is 3.29. The molecule has 2 rings (SSSR count). The van der Waals surface area contributed by atoms with Crippen molar-refractivity contribution in [2.24, 2.45) is 0 Å². The first kappa shape index (κ1) is 18.5. The van der Waals surface area contributed by atoms with Crippen LogP contribution in [0.25, 0.3) is 0 Å². The molecule has 7 heteroatoms. The van der Waals surface area contributed by atoms with Gasteiger partial charge in [-0.15, -0.1) is 0 Å². The summed E-state index contributed by atoms with van der Waals surface area (Å²) in [6.07, 6.45) is -1.00. The molecule has 0 saturated carbocycles. The van der Waals surface area contributed by atoms with Crippen LogP contribution in [0.5, 0.6) is 5.75 Å². The molecule has 0 aromatic heterocycles. The number of benzene rings is 2. The molecule has 2 aromatic carbocycles. The summed E-state index contributed by atoms with van der Waals surface area (Å²) in [5.41, 5.74) is 1.17. The van der Waals surface area contributed by atoms with Gasteiger partial charge in [0, 0.05) is 5.69 Å². The molecule has 0 aliphatic rings. The van der Waals surface area contributed by atoms with Crippen molar-refractivity contribution in [3.63, 3.8) is 0 Å². The maximum Gasteiger partial charge on any atom is 0.338 e. The Kier molecular flexibility index (Phi) is 6.14. The lowest BCUT2D eigenvalue weighted by Crippen LogP contribution is -2.30. The van der Waals surface area contributed by atoms with Crippen LogP contribution in [-0.2, 0) is 9.53 Å². The van der Waals surface area contributed by atoms with Gasteiger partial charge in [-0.3, -0.25) is 4.79 Å². The van der Waals surface area contributed by atoms with Crippen LogP contribution in [0.3, 0.4) is 0 Å². The van der Waals surface area contributed by atoms with Gasteiger partial charge in [0.15, 0.2) is 6.10 Å². The van der Waals surface area contributed by atoms with Gasteiger partial charge in [0.25, 0.3) is 5.91 Å². The normalized spacial score (nSPS) is 11.1. The molecule has 1 N–H and O–H groups in total. The fraction of sp³-hybridized carbons (Fsp3) is 0.167. The Morgan fingerprint density at radius 3 is 2.64 bits per heavy atom. The number of esters is 1. The van der Waals surface area contributed by atoms with E-state index in [0.29, 0.717) is 27.0 Å². The molecule has 0 aliphatic carbocycles. The third-order valence-electron chi connectivity index (χ3n) is 3.30. The Balaban J connectivity index is 2.01. The van der Waals surface area contributed by atoms with Crippen molar-refractivity contribution >= 4 is 33.5 Å². The van der Waals surface area contributed by atoms with Gasteiger partial charge in [-0.2, -0.15) is 5.26 Å². The Morgan fingerprint density at radius 1 is 1.24 bits per heavy atom. The first-order chi connectivity index (χ1) is 11.9. The molecule has 25 heavy (non-hydrogen) atoms. The summed E-state index contributed by atoms with van der Waals surface area (Å²) < 4.78 is 10.9. The predicted octanol–water partition coefficient (Wildman–Crippen LogP) is 3.51. The van der Waals surface area contributed by atoms with E-state index in [1.54, 1.807) is 36.4 Å². The molecule has 0 unspecified atom stereocenters. The highest BCUT2D eigenvalue weighted by molar-refractivity contribution is 9.10. The van der Waals surface area contributed by atoms with Crippen molar-refractivity contribution in [3.05, 3.63) is 58.1 Å². The summed E-state index contributed by atoms with van der Waals surface area (Å²) in [6, 6.07) is 13.2. The first-order valence-corrected chi connectivity index (χ1v) is 8.09. The second-order valence-corrected chi connectivity index (χ2v) is 5.93. The Bertz CT molecular complexity index is 845. The fourth-order valence-electron chi connectivity index (χ4n) is 1.99. The SMILES string of the molecule is COc1ccc(C(=O)O[C@@H](C)C(=O)Nc2cccc(C#N)c2)cc1Br. The molecule has 6 nitrogen and oxygen atoms in total. The second kappa shape index (κ2) is 8.31. The van der Waals surface area contributed by atoms with E-state index in [9.17, 15) is 9.59 Å². The number of nitrogens with zero attached hydrogens (tertiary/aromatic N) is 1. The van der Waals surface area contributed by atoms with Crippen molar-refractivity contribution in [3.8, 4) is 11.8 Å². The van der Waals surface area contributed by atoms with Gasteiger partial charge in [-0.05, 0) is 59.3 Å². The van der Waals surface area contributed by atoms with Crippen molar-refractivity contribution in [1.29, 1.82) is 5.26 Å². The quantitative estimate of drug-likeness (QED) is 0.772. The van der Waals surface area contributed by atoms with E-state index in [4.69, 9.17) is 14.7 Å². The number of amides is 1. The molecule has 0 bridgehead atoms. The first-order valence-electron chi connectivity index (χ1n) is 7.30. The van der Waals surface area contributed by atoms with Crippen molar-refractivity contribution in [2.45, 2.75) is 13.0 Å². The highest BCUT2D eigenvalue weighted by Gasteiger charge is 2.20. The van der Waals surface area contributed by atoms with Crippen molar-refractivity contribution in [1.82, 2.24) is 0 Å². The highest BCUT2D eigenvalue weighted by atomic mass is 79.9. The van der Waals surface area contributed by atoms with Crippen LogP contribution in [0.4, 0.5) is 5.69 Å². The van der Waals surface area contributed by atoms with E-state index >= 15 is 0 Å². The van der Waals surface area contributed by atoms with Crippen LogP contribution < -0.4 is 10.1 Å². The number of rotatable bonds is 5. The van der Waals surface area contributed by atoms with Crippen molar-refractivity contribution in [2.75, 3.05) is 12.4 Å². The number of nitriles is 1. The molecule has 0 heterocycles. The topological polar surface area (TPSA) is 88.4 Å². The number of nitrogens with one attached hydrogen (secondary N) is 1. The minimum Gasteiger partial charge on any atom is -0.496 e. The fourth-order valence-corrected chi connectivity index (χ4v) is 2.53. The summed E-state index contributed by atoms with van der Waals surface area (Å²) in [5.74, 6) is -0.535. The summed E-state index contributed by atoms with van der Waals surface area (Å²) in [6.45, 7) is 1.47. The number of methoxy groups -OCH3 is 1. The third-order valence-corrected chi connectivity index (χ3v) is 3.92. The molecule has 0 spiro atoms. The number of carbonyl (C=O) groups is 2. The lowest BCUT2D eigenvalue weighted by molar-refractivity contribution is -0.123. The number of hydrogen-bond acceptors (Lipinski definition) is 5. The van der Waals surface area contributed by atoms with Gasteiger partial charge >= 0.3 is 5.97 Å². The molecule has 128 valence electrons. The monoisotopic (exact) mass is 402 g/mol. The highest BCUT2D eigenvalue weighted by Crippen LogP contribution is 2.26. The zero-order valence-electron chi connectivity index (χ0n) is 13.6. The van der Waals surface area contributed by atoms with Crippen LogP contribution >= 0.6 is 15.9 Å². The zero-order chi connectivity index (χ0) is 18.4. The average molecular weight is 403 g/mol. The van der Waals surface area contributed by atoms with E-state index in [1.807, 2.05) is 6.07 Å². The van der Waals surface area contributed by atoms with E-state index in [1.165, 1.54) is 20.1 Å². The summed E-state index contributed by atoms with van der Waals surface area (Å²) in [4.78, 5) is 24.3. The van der Waals surface area contributed by atoms with E-state index in [2.05, 4.69) is 21.2 Å². The van der Waals surface area contributed by atoms with Crippen LogP contribution in [0.1, 0.15) is 22.8 Å². The largest absolute Gasteiger partial charge is 0.496 e. The summed E-state index contributed by atoms with van der Waals surface area (Å²) in [5, 5.41) is 11.5. The number of hydrogen-bond donors (Lipinski definition) is 1. The molecule has 0 aliphatic heterocycles. The van der Waals surface area contributed by atoms with Gasteiger partial charge in [0.2, 0.25) is 0 Å². The van der Waals surface area contributed by atoms with Crippen LogP contribution in [-0.4, -0.2) is 25.1 Å². The molecular weight excluding hydrogens is 388 g/mol. The van der Waals surface area contributed by atoms with Gasteiger partial charge in [0.05, 0.1) is 28.8 Å². The maximum atomic E-state index is 12.2. The Labute approximate surface area is 153 Å². The Hall–Kier alpha value is -2.85. The number of halogens is 1. The van der Waals surface area contributed by atoms with Gasteiger partial charge in [0.1, 0.15) is 5.75 Å². The molecule has 1 amide bonds. The minimum atomic E-state index is -1.00. The minimum absolute atomic E-state index is 0.291. The smallest absolute Gasteiger partial charge is 0.338 e. The van der Waals surface area contributed by atoms with Crippen LogP contribution in [0.2, 0.25) is 0 Å². The molecule has 0 saturated heterocycles. The van der Waals surface area contributed by atoms with Gasteiger partial charge in [-0.1, -0.05) is 6.07 Å². The van der Waals surface area contributed by atoms with E-state index in [0.717, 1.165) is 0 Å². The summed E-state index contributed by atoms with van der Waals surface area (Å²) in [7, 11) is 1.52. The molecular formula is C18H15BrN2O4. The van der Waals surface area contributed by atoms with Gasteiger partial charge in [-0.25, -0.2) is 4.79 Å². The molecule has 1 atom stereocenters. The van der Waals surface area contributed by atoms with E-state index in [-0.39, 0.29) is 0 Å². The Morgan fingerprint density at radius 2 is 2.00 bits per heavy atom. The van der Waals surface area contributed by atoms with E-state index < -0.39 is 18.0 Å². The average Bonchev–Trinajstić information content (AvgIpc) is 2.61. The molecule has 0 radical (unpaired) electrons. The zero-order valence-corrected chi connectivity index (χ0v) is 15.2. The number of carbonyl (C=O) groups excluding carboxylic acids is 2. The predicted molar refractivity (Wildman–Crippen MR) is 95.4 cm³/mol. The third kappa shape index (κ3) is 4.81.